The number of ether oxygens (including phenoxy) is 1. The van der Waals surface area contributed by atoms with Crippen LogP contribution in [0.2, 0.25) is 0 Å². The number of methoxy groups -OCH3 is 1. The molecule has 12 heteroatoms. The zero-order valence-corrected chi connectivity index (χ0v) is 24.1. The average Bonchev–Trinajstić information content (AvgIpc) is 3.36. The smallest absolute Gasteiger partial charge is 0.339 e. The van der Waals surface area contributed by atoms with Crippen LogP contribution in [-0.4, -0.2) is 83.7 Å². The van der Waals surface area contributed by atoms with Crippen LogP contribution in [0.25, 0.3) is 22.2 Å². The number of carboxylic acid groups (broad SMARTS) is 1. The summed E-state index contributed by atoms with van der Waals surface area (Å²) >= 11 is 0. The van der Waals surface area contributed by atoms with Crippen molar-refractivity contribution < 1.29 is 24.2 Å². The quantitative estimate of drug-likeness (QED) is 0.223. The zero-order chi connectivity index (χ0) is 30.6. The minimum Gasteiger partial charge on any atom is -0.494 e. The standard InChI is InChI=1S/C30H33N7O5/c1-7-27(39)32-22-14-23(26(42-6)15-25(22)36(5)13-12-35(3)4)33-30-31-16-20(29(40)41)28(34-30)21-17-37(18(2)38)24-11-9-8-10-19(21)24/h7-11,14-17H,1,12-13H2,2-6H3,(H,32,39)(H,40,41)(H,31,33,34). The van der Waals surface area contributed by atoms with Gasteiger partial charge in [-0.1, -0.05) is 24.8 Å². The molecule has 0 fully saturated rings. The summed E-state index contributed by atoms with van der Waals surface area (Å²) in [6, 6.07) is 10.7. The number of nitrogens with one attached hydrogen (secondary N) is 2. The maximum absolute atomic E-state index is 12.3. The third-order valence-electron chi connectivity index (χ3n) is 6.63. The molecule has 0 bridgehead atoms. The topological polar surface area (TPSA) is 142 Å². The fourth-order valence-corrected chi connectivity index (χ4v) is 4.46. The number of carbonyl (C=O) groups excluding carboxylic acids is 2. The summed E-state index contributed by atoms with van der Waals surface area (Å²) in [5.74, 6) is -1.30. The van der Waals surface area contributed by atoms with Crippen LogP contribution in [-0.2, 0) is 4.79 Å². The summed E-state index contributed by atoms with van der Waals surface area (Å²) in [6.45, 7) is 6.43. The van der Waals surface area contributed by atoms with Gasteiger partial charge in [0.15, 0.2) is 0 Å². The van der Waals surface area contributed by atoms with Crippen LogP contribution in [0.5, 0.6) is 5.75 Å². The SMILES string of the molecule is C=CC(=O)Nc1cc(Nc2ncc(C(=O)O)c(-c3cn(C(C)=O)c4ccccc34)n2)c(OC)cc1N(C)CCN(C)C. The number of anilines is 4. The van der Waals surface area contributed by atoms with Crippen molar-refractivity contribution in [3.8, 4) is 17.0 Å². The molecule has 0 spiro atoms. The van der Waals surface area contributed by atoms with Crippen molar-refractivity contribution in [3.05, 3.63) is 67.0 Å². The molecular formula is C30H33N7O5. The fraction of sp³-hybridized carbons (Fsp3) is 0.233. The van der Waals surface area contributed by atoms with Crippen LogP contribution in [0, 0.1) is 0 Å². The third-order valence-corrected chi connectivity index (χ3v) is 6.63. The van der Waals surface area contributed by atoms with E-state index in [0.717, 1.165) is 6.54 Å². The Kier molecular flexibility index (Phi) is 8.87. The molecule has 2 heterocycles. The van der Waals surface area contributed by atoms with Crippen LogP contribution in [0.1, 0.15) is 22.1 Å². The number of carboxylic acids is 1. The summed E-state index contributed by atoms with van der Waals surface area (Å²) in [6.07, 6.45) is 3.97. The Labute approximate surface area is 243 Å². The van der Waals surface area contributed by atoms with Crippen LogP contribution in [0.15, 0.2) is 61.4 Å². The number of aromatic nitrogens is 3. The lowest BCUT2D eigenvalue weighted by Crippen LogP contribution is -2.29. The molecule has 0 saturated carbocycles. The third kappa shape index (κ3) is 6.23. The minimum absolute atomic E-state index is 0.0858. The van der Waals surface area contributed by atoms with Gasteiger partial charge in [-0.3, -0.25) is 14.2 Å². The first-order valence-electron chi connectivity index (χ1n) is 13.0. The number of benzene rings is 2. The molecule has 0 unspecified atom stereocenters. The number of aromatic carboxylic acids is 1. The molecule has 0 aliphatic carbocycles. The van der Waals surface area contributed by atoms with E-state index in [1.54, 1.807) is 42.6 Å². The van der Waals surface area contributed by atoms with Crippen molar-refractivity contribution in [1.82, 2.24) is 19.4 Å². The Balaban J connectivity index is 1.82. The monoisotopic (exact) mass is 571 g/mol. The van der Waals surface area contributed by atoms with Crippen molar-refractivity contribution in [3.63, 3.8) is 0 Å². The first kappa shape index (κ1) is 29.7. The number of fused-ring (bicyclic) bond motifs is 1. The number of hydrogen-bond acceptors (Lipinski definition) is 9. The van der Waals surface area contributed by atoms with Gasteiger partial charge >= 0.3 is 5.97 Å². The van der Waals surface area contributed by atoms with Gasteiger partial charge in [0.1, 0.15) is 11.3 Å². The van der Waals surface area contributed by atoms with Gasteiger partial charge in [-0.2, -0.15) is 0 Å². The van der Waals surface area contributed by atoms with Gasteiger partial charge in [-0.05, 0) is 32.3 Å². The molecule has 2 aromatic heterocycles. The van der Waals surface area contributed by atoms with Crippen LogP contribution in [0.3, 0.4) is 0 Å². The van der Waals surface area contributed by atoms with E-state index < -0.39 is 5.97 Å². The van der Waals surface area contributed by atoms with Crippen molar-refractivity contribution >= 4 is 51.7 Å². The van der Waals surface area contributed by atoms with Gasteiger partial charge in [0, 0.05) is 56.5 Å². The van der Waals surface area contributed by atoms with E-state index in [4.69, 9.17) is 4.74 Å². The summed E-state index contributed by atoms with van der Waals surface area (Å²) < 4.78 is 7.11. The minimum atomic E-state index is -1.21. The normalized spacial score (nSPS) is 10.9. The Morgan fingerprint density at radius 2 is 1.86 bits per heavy atom. The van der Waals surface area contributed by atoms with E-state index in [0.29, 0.717) is 45.8 Å². The molecule has 1 amide bonds. The van der Waals surface area contributed by atoms with E-state index in [-0.39, 0.29) is 29.0 Å². The molecular weight excluding hydrogens is 538 g/mol. The van der Waals surface area contributed by atoms with Crippen molar-refractivity contribution in [2.75, 3.05) is 56.9 Å². The Bertz CT molecular complexity index is 1680. The lowest BCUT2D eigenvalue weighted by Gasteiger charge is -2.26. The second-order valence-corrected chi connectivity index (χ2v) is 9.82. The number of carbonyl (C=O) groups is 3. The Morgan fingerprint density at radius 3 is 2.50 bits per heavy atom. The highest BCUT2D eigenvalue weighted by Crippen LogP contribution is 2.38. The second-order valence-electron chi connectivity index (χ2n) is 9.82. The first-order chi connectivity index (χ1) is 20.0. The molecule has 218 valence electrons. The molecule has 3 N–H and O–H groups in total. The largest absolute Gasteiger partial charge is 0.494 e. The van der Waals surface area contributed by atoms with Gasteiger partial charge < -0.3 is 30.3 Å². The van der Waals surface area contributed by atoms with E-state index in [1.165, 1.54) is 30.9 Å². The number of likely N-dealkylation sites (N-methyl/N-ethyl adjacent to an activating group) is 2. The Hall–Kier alpha value is -5.23. The number of nitrogens with zero attached hydrogens (tertiary/aromatic N) is 5. The van der Waals surface area contributed by atoms with Crippen molar-refractivity contribution in [2.45, 2.75) is 6.92 Å². The summed E-state index contributed by atoms with van der Waals surface area (Å²) in [4.78, 5) is 49.6. The zero-order valence-electron chi connectivity index (χ0n) is 24.1. The first-order valence-corrected chi connectivity index (χ1v) is 13.0. The van der Waals surface area contributed by atoms with Gasteiger partial charge in [0.05, 0.1) is 35.4 Å². The van der Waals surface area contributed by atoms with Crippen LogP contribution >= 0.6 is 0 Å². The number of rotatable bonds is 11. The maximum atomic E-state index is 12.3. The molecule has 2 aromatic carbocycles. The van der Waals surface area contributed by atoms with Gasteiger partial charge in [0.2, 0.25) is 17.8 Å². The predicted octanol–water partition coefficient (Wildman–Crippen LogP) is 4.33. The molecule has 12 nitrogen and oxygen atoms in total. The average molecular weight is 572 g/mol. The van der Waals surface area contributed by atoms with Crippen molar-refractivity contribution in [1.29, 1.82) is 0 Å². The summed E-state index contributed by atoms with van der Waals surface area (Å²) in [7, 11) is 7.38. The lowest BCUT2D eigenvalue weighted by atomic mass is 10.1. The Morgan fingerprint density at radius 1 is 1.12 bits per heavy atom. The van der Waals surface area contributed by atoms with Gasteiger partial charge in [-0.15, -0.1) is 0 Å². The molecule has 4 aromatic rings. The lowest BCUT2D eigenvalue weighted by molar-refractivity contribution is -0.111. The van der Waals surface area contributed by atoms with Gasteiger partial charge in [0.25, 0.3) is 0 Å². The molecule has 42 heavy (non-hydrogen) atoms. The number of hydrogen-bond donors (Lipinski definition) is 3. The summed E-state index contributed by atoms with van der Waals surface area (Å²) in [5.41, 5.74) is 2.74. The van der Waals surface area contributed by atoms with Crippen molar-refractivity contribution in [2.24, 2.45) is 0 Å². The molecule has 0 atom stereocenters. The molecule has 0 saturated heterocycles. The number of para-hydroxylation sites is 1. The second kappa shape index (κ2) is 12.5. The predicted molar refractivity (Wildman–Crippen MR) is 163 cm³/mol. The maximum Gasteiger partial charge on any atom is 0.339 e. The molecule has 0 aliphatic rings. The van der Waals surface area contributed by atoms with E-state index in [2.05, 4.69) is 32.1 Å². The fourth-order valence-electron chi connectivity index (χ4n) is 4.46. The summed E-state index contributed by atoms with van der Waals surface area (Å²) in [5, 5.41) is 16.5. The van der Waals surface area contributed by atoms with Crippen LogP contribution < -0.4 is 20.3 Å². The van der Waals surface area contributed by atoms with E-state index >= 15 is 0 Å². The van der Waals surface area contributed by atoms with E-state index in [9.17, 15) is 19.5 Å². The van der Waals surface area contributed by atoms with Crippen LogP contribution in [0.4, 0.5) is 23.0 Å². The number of amides is 1. The van der Waals surface area contributed by atoms with Gasteiger partial charge in [-0.25, -0.2) is 14.8 Å². The van der Waals surface area contributed by atoms with E-state index in [1.807, 2.05) is 26.0 Å². The molecule has 0 radical (unpaired) electrons. The highest BCUT2D eigenvalue weighted by Gasteiger charge is 2.22. The molecule has 0 aliphatic heterocycles. The highest BCUT2D eigenvalue weighted by molar-refractivity contribution is 6.05. The highest BCUT2D eigenvalue weighted by atomic mass is 16.5. The molecule has 4 rings (SSSR count).